The van der Waals surface area contributed by atoms with Crippen molar-refractivity contribution in [3.8, 4) is 0 Å². The Balaban J connectivity index is 2.09. The summed E-state index contributed by atoms with van der Waals surface area (Å²) in [6.45, 7) is 5.40. The number of carbonyl (C=O) groups is 2. The van der Waals surface area contributed by atoms with Crippen LogP contribution >= 0.6 is 11.3 Å². The molecule has 2 rings (SSSR count). The maximum atomic E-state index is 12.6. The molecule has 128 valence electrons. The van der Waals surface area contributed by atoms with Crippen molar-refractivity contribution < 1.29 is 9.59 Å². The zero-order valence-electron chi connectivity index (χ0n) is 14.3. The third kappa shape index (κ3) is 3.93. The van der Waals surface area contributed by atoms with Gasteiger partial charge in [-0.05, 0) is 5.92 Å². The molecular weight excluding hydrogens is 314 g/mol. The maximum Gasteiger partial charge on any atom is 0.317 e. The first-order valence-electron chi connectivity index (χ1n) is 7.73. The lowest BCUT2D eigenvalue weighted by Gasteiger charge is -2.24. The summed E-state index contributed by atoms with van der Waals surface area (Å²) in [6, 6.07) is -0.155. The van der Waals surface area contributed by atoms with Crippen molar-refractivity contribution in [1.82, 2.24) is 20.1 Å². The van der Waals surface area contributed by atoms with Crippen LogP contribution < -0.4 is 10.6 Å². The van der Waals surface area contributed by atoms with Gasteiger partial charge in [0.1, 0.15) is 5.69 Å². The van der Waals surface area contributed by atoms with Gasteiger partial charge in [-0.2, -0.15) is 0 Å². The number of nitrogens with zero attached hydrogens (tertiary/aromatic N) is 3. The highest BCUT2D eigenvalue weighted by Crippen LogP contribution is 2.26. The number of hydrogen-bond acceptors (Lipinski definition) is 5. The van der Waals surface area contributed by atoms with Crippen LogP contribution in [0.5, 0.6) is 0 Å². The second-order valence-electron chi connectivity index (χ2n) is 6.36. The van der Waals surface area contributed by atoms with Gasteiger partial charge in [-0.15, -0.1) is 11.3 Å². The highest BCUT2D eigenvalue weighted by molar-refractivity contribution is 7.13. The SMILES string of the molecule is CNc1nc(C(=O)N2C[C@@H](NC(=O)N(C)C)[C@H](C(C)C)C2)cs1. The number of nitrogens with one attached hydrogen (secondary N) is 2. The van der Waals surface area contributed by atoms with E-state index in [1.807, 2.05) is 0 Å². The predicted molar refractivity (Wildman–Crippen MR) is 91.9 cm³/mol. The maximum absolute atomic E-state index is 12.6. The minimum Gasteiger partial charge on any atom is -0.365 e. The van der Waals surface area contributed by atoms with Crippen molar-refractivity contribution in [2.45, 2.75) is 19.9 Å². The molecule has 0 aliphatic carbocycles. The van der Waals surface area contributed by atoms with E-state index in [0.29, 0.717) is 24.7 Å². The predicted octanol–water partition coefficient (Wildman–Crippen LogP) is 1.55. The number of amides is 3. The van der Waals surface area contributed by atoms with Crippen LogP contribution in [0.2, 0.25) is 0 Å². The summed E-state index contributed by atoms with van der Waals surface area (Å²) in [5.74, 6) is 0.545. The van der Waals surface area contributed by atoms with Gasteiger partial charge in [0, 0.05) is 45.5 Å². The van der Waals surface area contributed by atoms with Crippen molar-refractivity contribution in [1.29, 1.82) is 0 Å². The fraction of sp³-hybridized carbons (Fsp3) is 0.667. The first kappa shape index (κ1) is 17.5. The van der Waals surface area contributed by atoms with E-state index < -0.39 is 0 Å². The Morgan fingerprint density at radius 2 is 2.09 bits per heavy atom. The molecule has 1 aliphatic rings. The summed E-state index contributed by atoms with van der Waals surface area (Å²) >= 11 is 1.41. The Kier molecular flexibility index (Phi) is 5.46. The largest absolute Gasteiger partial charge is 0.365 e. The number of rotatable bonds is 4. The highest BCUT2D eigenvalue weighted by Gasteiger charge is 2.38. The van der Waals surface area contributed by atoms with Crippen molar-refractivity contribution in [2.24, 2.45) is 11.8 Å². The molecule has 1 aromatic heterocycles. The zero-order valence-corrected chi connectivity index (χ0v) is 15.1. The molecule has 0 aromatic carbocycles. The van der Waals surface area contributed by atoms with Gasteiger partial charge in [-0.25, -0.2) is 9.78 Å². The average molecular weight is 339 g/mol. The van der Waals surface area contributed by atoms with Crippen molar-refractivity contribution in [2.75, 3.05) is 39.5 Å². The summed E-state index contributed by atoms with van der Waals surface area (Å²) in [6.07, 6.45) is 0. The van der Waals surface area contributed by atoms with Gasteiger partial charge in [-0.1, -0.05) is 13.8 Å². The quantitative estimate of drug-likeness (QED) is 0.872. The van der Waals surface area contributed by atoms with Gasteiger partial charge in [-0.3, -0.25) is 4.79 Å². The topological polar surface area (TPSA) is 77.6 Å². The normalized spacial score (nSPS) is 20.7. The highest BCUT2D eigenvalue weighted by atomic mass is 32.1. The number of aromatic nitrogens is 1. The number of thiazole rings is 1. The monoisotopic (exact) mass is 339 g/mol. The van der Waals surface area contributed by atoms with Crippen molar-refractivity contribution >= 4 is 28.4 Å². The summed E-state index contributed by atoms with van der Waals surface area (Å²) in [5.41, 5.74) is 0.460. The minimum atomic E-state index is -0.124. The molecular formula is C15H25N5O2S. The Morgan fingerprint density at radius 1 is 1.39 bits per heavy atom. The fourth-order valence-electron chi connectivity index (χ4n) is 2.76. The number of anilines is 1. The van der Waals surface area contributed by atoms with E-state index in [1.54, 1.807) is 31.4 Å². The second-order valence-corrected chi connectivity index (χ2v) is 7.21. The van der Waals surface area contributed by atoms with Gasteiger partial charge < -0.3 is 20.4 Å². The third-order valence-electron chi connectivity index (χ3n) is 4.16. The van der Waals surface area contributed by atoms with Crippen LogP contribution in [0.15, 0.2) is 5.38 Å². The smallest absolute Gasteiger partial charge is 0.317 e. The first-order chi connectivity index (χ1) is 10.8. The van der Waals surface area contributed by atoms with Gasteiger partial charge in [0.2, 0.25) is 0 Å². The summed E-state index contributed by atoms with van der Waals surface area (Å²) in [7, 11) is 5.21. The van der Waals surface area contributed by atoms with E-state index in [2.05, 4.69) is 29.5 Å². The van der Waals surface area contributed by atoms with E-state index in [9.17, 15) is 9.59 Å². The number of hydrogen-bond donors (Lipinski definition) is 2. The molecule has 8 heteroatoms. The van der Waals surface area contributed by atoms with Crippen LogP contribution in [0, 0.1) is 11.8 Å². The van der Waals surface area contributed by atoms with Gasteiger partial charge in [0.25, 0.3) is 5.91 Å². The zero-order chi connectivity index (χ0) is 17.1. The molecule has 2 atom stereocenters. The number of carbonyl (C=O) groups excluding carboxylic acids is 2. The molecule has 0 unspecified atom stereocenters. The Labute approximate surface area is 141 Å². The lowest BCUT2D eigenvalue weighted by Crippen LogP contribution is -2.46. The van der Waals surface area contributed by atoms with E-state index in [0.717, 1.165) is 5.13 Å². The summed E-state index contributed by atoms with van der Waals surface area (Å²) in [4.78, 5) is 32.2. The van der Waals surface area contributed by atoms with Crippen LogP contribution in [0.25, 0.3) is 0 Å². The third-order valence-corrected chi connectivity index (χ3v) is 5.02. The second kappa shape index (κ2) is 7.16. The fourth-order valence-corrected chi connectivity index (χ4v) is 3.41. The van der Waals surface area contributed by atoms with Crippen LogP contribution in [0.1, 0.15) is 24.3 Å². The van der Waals surface area contributed by atoms with E-state index >= 15 is 0 Å². The lowest BCUT2D eigenvalue weighted by molar-refractivity contribution is 0.0777. The van der Waals surface area contributed by atoms with Crippen molar-refractivity contribution in [3.63, 3.8) is 0 Å². The molecule has 0 radical (unpaired) electrons. The molecule has 1 aromatic rings. The van der Waals surface area contributed by atoms with Gasteiger partial charge >= 0.3 is 6.03 Å². The number of urea groups is 1. The van der Waals surface area contributed by atoms with E-state index in [1.165, 1.54) is 16.2 Å². The molecule has 1 saturated heterocycles. The summed E-state index contributed by atoms with van der Waals surface area (Å²) < 4.78 is 0. The minimum absolute atomic E-state index is 0.0312. The van der Waals surface area contributed by atoms with Crippen LogP contribution in [0.4, 0.5) is 9.93 Å². The molecule has 0 spiro atoms. The molecule has 1 aliphatic heterocycles. The molecule has 0 saturated carbocycles. The molecule has 23 heavy (non-hydrogen) atoms. The number of likely N-dealkylation sites (tertiary alicyclic amines) is 1. The van der Waals surface area contributed by atoms with Crippen molar-refractivity contribution in [3.05, 3.63) is 11.1 Å². The van der Waals surface area contributed by atoms with Crippen LogP contribution in [-0.4, -0.2) is 67.0 Å². The summed E-state index contributed by atoms with van der Waals surface area (Å²) in [5, 5.41) is 8.46. The molecule has 2 N–H and O–H groups in total. The molecule has 3 amide bonds. The molecule has 1 fully saturated rings. The molecule has 2 heterocycles. The lowest BCUT2D eigenvalue weighted by atomic mass is 9.91. The first-order valence-corrected chi connectivity index (χ1v) is 8.61. The Bertz CT molecular complexity index is 572. The average Bonchev–Trinajstić information content (AvgIpc) is 3.13. The van der Waals surface area contributed by atoms with E-state index in [-0.39, 0.29) is 23.9 Å². The van der Waals surface area contributed by atoms with Gasteiger partial charge in [0.15, 0.2) is 5.13 Å². The molecule has 7 nitrogen and oxygen atoms in total. The van der Waals surface area contributed by atoms with Crippen LogP contribution in [-0.2, 0) is 0 Å². The Morgan fingerprint density at radius 3 is 2.61 bits per heavy atom. The molecule has 0 bridgehead atoms. The standard InChI is InChI=1S/C15H25N5O2S/c1-9(2)10-6-20(7-11(10)18-15(22)19(4)5)13(21)12-8-23-14(16-3)17-12/h8-11H,6-7H2,1-5H3,(H,16,17)(H,18,22)/t10-,11+/m0/s1. The van der Waals surface area contributed by atoms with Gasteiger partial charge in [0.05, 0.1) is 6.04 Å². The van der Waals surface area contributed by atoms with Crippen LogP contribution in [0.3, 0.4) is 0 Å². The Hall–Kier alpha value is -1.83. The van der Waals surface area contributed by atoms with E-state index in [4.69, 9.17) is 0 Å².